The van der Waals surface area contributed by atoms with Crippen LogP contribution in [0.2, 0.25) is 0 Å². The summed E-state index contributed by atoms with van der Waals surface area (Å²) >= 11 is 0. The number of hydrogen-bond donors (Lipinski definition) is 0. The van der Waals surface area contributed by atoms with Gasteiger partial charge in [-0.3, -0.25) is 4.79 Å². The third-order valence-corrected chi connectivity index (χ3v) is 4.84. The van der Waals surface area contributed by atoms with E-state index < -0.39 is 0 Å². The van der Waals surface area contributed by atoms with E-state index in [-0.39, 0.29) is 5.91 Å². The zero-order valence-corrected chi connectivity index (χ0v) is 16.4. The Morgan fingerprint density at radius 1 is 1.03 bits per heavy atom. The Morgan fingerprint density at radius 3 is 2.72 bits per heavy atom. The Labute approximate surface area is 168 Å². The second-order valence-corrected chi connectivity index (χ2v) is 6.76. The minimum absolute atomic E-state index is 0.0722. The fraction of sp³-hybridized carbons (Fsp3) is 0.350. The minimum atomic E-state index is 0.0722. The van der Waals surface area contributed by atoms with Gasteiger partial charge < -0.3 is 19.3 Å². The van der Waals surface area contributed by atoms with Gasteiger partial charge in [0.25, 0.3) is 0 Å². The van der Waals surface area contributed by atoms with Crippen LogP contribution in [-0.4, -0.2) is 78.0 Å². The van der Waals surface area contributed by atoms with Gasteiger partial charge in [-0.15, -0.1) is 10.2 Å². The predicted molar refractivity (Wildman–Crippen MR) is 107 cm³/mol. The van der Waals surface area contributed by atoms with Crippen LogP contribution < -0.4 is 9.64 Å². The van der Waals surface area contributed by atoms with E-state index >= 15 is 0 Å². The molecule has 0 spiro atoms. The molecule has 2 aliphatic heterocycles. The van der Waals surface area contributed by atoms with Crippen LogP contribution in [0.3, 0.4) is 0 Å². The highest BCUT2D eigenvalue weighted by Gasteiger charge is 2.23. The number of hydrogen-bond acceptors (Lipinski definition) is 8. The summed E-state index contributed by atoms with van der Waals surface area (Å²) in [4.78, 5) is 24.4. The van der Waals surface area contributed by atoms with Crippen molar-refractivity contribution in [3.8, 4) is 28.4 Å². The third-order valence-electron chi connectivity index (χ3n) is 4.84. The van der Waals surface area contributed by atoms with E-state index in [4.69, 9.17) is 9.47 Å². The molecule has 0 saturated carbocycles. The van der Waals surface area contributed by atoms with Crippen LogP contribution in [0, 0.1) is 0 Å². The Balaban J connectivity index is 1.61. The molecule has 9 nitrogen and oxygen atoms in total. The lowest BCUT2D eigenvalue weighted by atomic mass is 10.1. The molecule has 0 bridgehead atoms. The largest absolute Gasteiger partial charge is 0.491 e. The second-order valence-electron chi connectivity index (χ2n) is 6.76. The maximum Gasteiger partial charge on any atom is 0.241 e. The van der Waals surface area contributed by atoms with E-state index in [2.05, 4.69) is 20.2 Å². The monoisotopic (exact) mass is 394 g/mol. The Hall–Kier alpha value is -3.33. The fourth-order valence-corrected chi connectivity index (χ4v) is 3.13. The number of fused-ring (bicyclic) bond motifs is 1. The molecule has 3 aliphatic rings. The van der Waals surface area contributed by atoms with Crippen molar-refractivity contribution in [3.63, 3.8) is 0 Å². The molecule has 0 atom stereocenters. The summed E-state index contributed by atoms with van der Waals surface area (Å²) in [6.07, 6.45) is 1.50. The zero-order valence-electron chi connectivity index (χ0n) is 16.4. The molecule has 1 fully saturated rings. The molecule has 0 radical (unpaired) electrons. The van der Waals surface area contributed by atoms with E-state index in [1.807, 2.05) is 42.3 Å². The van der Waals surface area contributed by atoms with Crippen molar-refractivity contribution in [2.45, 2.75) is 0 Å². The molecule has 1 aromatic heterocycles. The SMILES string of the molecule is COCCOc1ccc2nnc(-c3cc(N4CCN(C)C(=O)C4)ncn3)c-2cc1. The highest BCUT2D eigenvalue weighted by molar-refractivity contribution is 5.83. The molecule has 0 N–H and O–H groups in total. The van der Waals surface area contributed by atoms with Gasteiger partial charge in [-0.1, -0.05) is 0 Å². The van der Waals surface area contributed by atoms with Crippen LogP contribution in [-0.2, 0) is 9.53 Å². The first-order chi connectivity index (χ1) is 14.2. The summed E-state index contributed by atoms with van der Waals surface area (Å²) in [5, 5.41) is 8.59. The maximum atomic E-state index is 12.0. The second kappa shape index (κ2) is 8.36. The summed E-state index contributed by atoms with van der Waals surface area (Å²) < 4.78 is 10.7. The van der Waals surface area contributed by atoms with Gasteiger partial charge in [-0.25, -0.2) is 9.97 Å². The molecule has 29 heavy (non-hydrogen) atoms. The van der Waals surface area contributed by atoms with Gasteiger partial charge in [0.2, 0.25) is 5.91 Å². The molecule has 1 amide bonds. The molecule has 0 aromatic carbocycles. The number of aromatic nitrogens is 4. The van der Waals surface area contributed by atoms with Crippen LogP contribution >= 0.6 is 0 Å². The molecule has 9 heteroatoms. The number of methoxy groups -OCH3 is 1. The highest BCUT2D eigenvalue weighted by atomic mass is 16.5. The molecule has 3 heterocycles. The van der Waals surface area contributed by atoms with Crippen molar-refractivity contribution < 1.29 is 14.3 Å². The summed E-state index contributed by atoms with van der Waals surface area (Å²) in [5.74, 6) is 1.50. The van der Waals surface area contributed by atoms with Crippen molar-refractivity contribution in [3.05, 3.63) is 36.7 Å². The van der Waals surface area contributed by atoms with Gasteiger partial charge in [0.05, 0.1) is 24.5 Å². The number of rotatable bonds is 6. The third kappa shape index (κ3) is 4.09. The topological polar surface area (TPSA) is 93.6 Å². The van der Waals surface area contributed by atoms with E-state index in [9.17, 15) is 4.79 Å². The number of piperazine rings is 1. The van der Waals surface area contributed by atoms with Crippen LogP contribution in [0.25, 0.3) is 22.6 Å². The number of anilines is 1. The molecule has 1 aliphatic carbocycles. The first-order valence-electron chi connectivity index (χ1n) is 9.35. The number of amides is 1. The first kappa shape index (κ1) is 19.0. The lowest BCUT2D eigenvalue weighted by Gasteiger charge is -2.32. The summed E-state index contributed by atoms with van der Waals surface area (Å²) in [6.45, 7) is 2.69. The maximum absolute atomic E-state index is 12.0. The van der Waals surface area contributed by atoms with Crippen LogP contribution in [0.4, 0.5) is 5.82 Å². The van der Waals surface area contributed by atoms with E-state index in [1.54, 1.807) is 12.0 Å². The van der Waals surface area contributed by atoms with Gasteiger partial charge >= 0.3 is 0 Å². The molecule has 1 saturated heterocycles. The van der Waals surface area contributed by atoms with Crippen LogP contribution in [0.5, 0.6) is 5.75 Å². The number of ether oxygens (including phenoxy) is 2. The lowest BCUT2D eigenvalue weighted by Crippen LogP contribution is -2.48. The standard InChI is InChI=1S/C20H22N6O3/c1-25-7-8-26(12-19(25)27)18-11-17(21-13-22-18)20-15-5-3-14(29-10-9-28-2)4-6-16(15)23-24-20/h3-6,11,13H,7-10,12H2,1-2H3. The smallest absolute Gasteiger partial charge is 0.241 e. The molecule has 1 aromatic rings. The van der Waals surface area contributed by atoms with Crippen LogP contribution in [0.15, 0.2) is 36.7 Å². The van der Waals surface area contributed by atoms with Gasteiger partial charge in [0.15, 0.2) is 0 Å². The molecule has 150 valence electrons. The Morgan fingerprint density at radius 2 is 1.90 bits per heavy atom. The van der Waals surface area contributed by atoms with E-state index in [0.29, 0.717) is 43.5 Å². The van der Waals surface area contributed by atoms with Crippen molar-refractivity contribution in [2.24, 2.45) is 0 Å². The Bertz CT molecular complexity index is 982. The van der Waals surface area contributed by atoms with Gasteiger partial charge in [0, 0.05) is 38.9 Å². The minimum Gasteiger partial charge on any atom is -0.491 e. The molecular formula is C20H22N6O3. The van der Waals surface area contributed by atoms with Gasteiger partial charge in [0.1, 0.15) is 30.2 Å². The molecule has 4 rings (SSSR count). The normalized spacial score (nSPS) is 14.5. The molecule has 0 unspecified atom stereocenters. The predicted octanol–water partition coefficient (Wildman–Crippen LogP) is 1.34. The number of carbonyl (C=O) groups is 1. The van der Waals surface area contributed by atoms with Crippen LogP contribution in [0.1, 0.15) is 0 Å². The van der Waals surface area contributed by atoms with Crippen molar-refractivity contribution in [1.82, 2.24) is 25.1 Å². The number of nitrogens with zero attached hydrogens (tertiary/aromatic N) is 6. The van der Waals surface area contributed by atoms with Crippen molar-refractivity contribution in [1.29, 1.82) is 0 Å². The summed E-state index contributed by atoms with van der Waals surface area (Å²) in [6, 6.07) is 9.39. The van der Waals surface area contributed by atoms with E-state index in [0.717, 1.165) is 23.6 Å². The average Bonchev–Trinajstić information content (AvgIpc) is 3.04. The number of likely N-dealkylation sites (N-methyl/N-ethyl adjacent to an activating group) is 1. The van der Waals surface area contributed by atoms with Gasteiger partial charge in [-0.05, 0) is 24.3 Å². The fourth-order valence-electron chi connectivity index (χ4n) is 3.13. The van der Waals surface area contributed by atoms with Crippen molar-refractivity contribution >= 4 is 11.7 Å². The number of carbonyl (C=O) groups excluding carboxylic acids is 1. The quantitative estimate of drug-likeness (QED) is 0.578. The summed E-state index contributed by atoms with van der Waals surface area (Å²) in [5.41, 5.74) is 2.95. The van der Waals surface area contributed by atoms with Gasteiger partial charge in [-0.2, -0.15) is 0 Å². The average molecular weight is 394 g/mol. The first-order valence-corrected chi connectivity index (χ1v) is 9.35. The molecular weight excluding hydrogens is 372 g/mol. The zero-order chi connectivity index (χ0) is 20.2. The van der Waals surface area contributed by atoms with Crippen molar-refractivity contribution in [2.75, 3.05) is 51.9 Å². The highest BCUT2D eigenvalue weighted by Crippen LogP contribution is 2.31. The van der Waals surface area contributed by atoms with E-state index in [1.165, 1.54) is 6.33 Å². The Kier molecular flexibility index (Phi) is 5.48. The summed E-state index contributed by atoms with van der Waals surface area (Å²) in [7, 11) is 3.45. The lowest BCUT2D eigenvalue weighted by molar-refractivity contribution is -0.129.